The second kappa shape index (κ2) is 7.80. The maximum absolute atomic E-state index is 13.0. The number of benzene rings is 1. The summed E-state index contributed by atoms with van der Waals surface area (Å²) < 4.78 is 27.7. The highest BCUT2D eigenvalue weighted by atomic mass is 35.5. The minimum atomic E-state index is -3.65. The lowest BCUT2D eigenvalue weighted by Gasteiger charge is -2.23. The van der Waals surface area contributed by atoms with Crippen molar-refractivity contribution in [2.75, 3.05) is 11.6 Å². The van der Waals surface area contributed by atoms with Gasteiger partial charge < -0.3 is 0 Å². The predicted molar refractivity (Wildman–Crippen MR) is 101 cm³/mol. The Morgan fingerprint density at radius 3 is 2.50 bits per heavy atom. The van der Waals surface area contributed by atoms with Crippen molar-refractivity contribution in [3.05, 3.63) is 62.3 Å². The zero-order valence-electron chi connectivity index (χ0n) is 14.4. The van der Waals surface area contributed by atoms with Gasteiger partial charge in [-0.25, -0.2) is 13.2 Å². The molecule has 0 amide bonds. The molecule has 6 nitrogen and oxygen atoms in total. The van der Waals surface area contributed by atoms with Crippen molar-refractivity contribution < 1.29 is 8.42 Å². The Morgan fingerprint density at radius 2 is 1.81 bits per heavy atom. The van der Waals surface area contributed by atoms with Gasteiger partial charge in [-0.1, -0.05) is 30.3 Å². The molecule has 1 aromatic heterocycles. The monoisotopic (exact) mass is 396 g/mol. The summed E-state index contributed by atoms with van der Waals surface area (Å²) in [6.07, 6.45) is 1.83. The second-order valence-corrected chi connectivity index (χ2v) is 8.81. The van der Waals surface area contributed by atoms with Crippen LogP contribution < -0.4 is 11.2 Å². The molecule has 0 saturated carbocycles. The molecule has 0 spiro atoms. The summed E-state index contributed by atoms with van der Waals surface area (Å²) in [7, 11) is -3.65. The van der Waals surface area contributed by atoms with Crippen LogP contribution in [-0.2, 0) is 29.3 Å². The molecule has 3 rings (SSSR count). The number of rotatable bonds is 6. The van der Waals surface area contributed by atoms with Crippen LogP contribution in [0, 0.1) is 0 Å². The number of unbranched alkanes of at least 4 members (excludes halogenated alkanes) is 1. The third kappa shape index (κ3) is 3.64. The Morgan fingerprint density at radius 1 is 1.08 bits per heavy atom. The van der Waals surface area contributed by atoms with E-state index < -0.39 is 21.1 Å². The first kappa shape index (κ1) is 18.9. The summed E-state index contributed by atoms with van der Waals surface area (Å²) in [6, 6.07) is 9.22. The minimum Gasteiger partial charge on any atom is -0.283 e. The number of hydrogen-bond acceptors (Lipinski definition) is 4. The topological polar surface area (TPSA) is 78.1 Å². The van der Waals surface area contributed by atoms with Gasteiger partial charge in [0, 0.05) is 25.4 Å². The van der Waals surface area contributed by atoms with E-state index in [4.69, 9.17) is 11.6 Å². The Kier molecular flexibility index (Phi) is 5.67. The highest BCUT2D eigenvalue weighted by Crippen LogP contribution is 2.21. The fourth-order valence-corrected chi connectivity index (χ4v) is 5.24. The molecule has 0 N–H and O–H groups in total. The molecule has 1 aliphatic heterocycles. The normalized spacial score (nSPS) is 15.6. The van der Waals surface area contributed by atoms with Crippen molar-refractivity contribution >= 4 is 21.4 Å². The third-order valence-electron chi connectivity index (χ3n) is 4.55. The third-order valence-corrected chi connectivity index (χ3v) is 6.70. The van der Waals surface area contributed by atoms with Crippen molar-refractivity contribution in [1.29, 1.82) is 0 Å². The quantitative estimate of drug-likeness (QED) is 0.423. The van der Waals surface area contributed by atoms with Gasteiger partial charge in [0.25, 0.3) is 5.56 Å². The van der Waals surface area contributed by atoms with E-state index in [1.807, 2.05) is 30.3 Å². The summed E-state index contributed by atoms with van der Waals surface area (Å²) in [5.74, 6) is 0.413. The SMILES string of the molecule is O=c1c(Cc2ccccc2)c2n(c(=O)n1CCCCCl)CCCS2(=O)=O. The molecule has 0 unspecified atom stereocenters. The van der Waals surface area contributed by atoms with E-state index in [-0.39, 0.29) is 29.3 Å². The van der Waals surface area contributed by atoms with Crippen molar-refractivity contribution in [2.45, 2.75) is 43.8 Å². The number of nitrogens with zero attached hydrogens (tertiary/aromatic N) is 2. The van der Waals surface area contributed by atoms with Gasteiger partial charge in [-0.3, -0.25) is 13.9 Å². The second-order valence-electron chi connectivity index (χ2n) is 6.41. The summed E-state index contributed by atoms with van der Waals surface area (Å²) in [6.45, 7) is 0.553. The van der Waals surface area contributed by atoms with Gasteiger partial charge in [-0.05, 0) is 24.8 Å². The standard InChI is InChI=1S/C18H21ClN2O4S/c19-9-4-5-10-20-16(22)15(13-14-7-2-1-3-8-14)17-21(18(20)23)11-6-12-26(17,24)25/h1-3,7-8H,4-6,9-13H2. The van der Waals surface area contributed by atoms with Gasteiger partial charge in [0.1, 0.15) is 5.03 Å². The summed E-state index contributed by atoms with van der Waals surface area (Å²) in [5.41, 5.74) is -0.0367. The Labute approximate surface area is 157 Å². The van der Waals surface area contributed by atoms with Crippen LogP contribution in [0.15, 0.2) is 44.9 Å². The highest BCUT2D eigenvalue weighted by molar-refractivity contribution is 7.91. The van der Waals surface area contributed by atoms with Crippen LogP contribution in [0.25, 0.3) is 0 Å². The van der Waals surface area contributed by atoms with Gasteiger partial charge in [0.2, 0.25) is 0 Å². The number of sulfone groups is 1. The van der Waals surface area contributed by atoms with Gasteiger partial charge in [-0.2, -0.15) is 0 Å². The van der Waals surface area contributed by atoms with Crippen LogP contribution in [0.5, 0.6) is 0 Å². The summed E-state index contributed by atoms with van der Waals surface area (Å²) in [4.78, 5) is 25.7. The maximum Gasteiger partial charge on any atom is 0.331 e. The number of fused-ring (bicyclic) bond motifs is 1. The first-order chi connectivity index (χ1) is 12.5. The fourth-order valence-electron chi connectivity index (χ4n) is 3.31. The van der Waals surface area contributed by atoms with Crippen molar-refractivity contribution in [3.63, 3.8) is 0 Å². The number of hydrogen-bond donors (Lipinski definition) is 0. The lowest BCUT2D eigenvalue weighted by molar-refractivity contribution is 0.463. The van der Waals surface area contributed by atoms with Gasteiger partial charge in [0.05, 0.1) is 11.3 Å². The fraction of sp³-hybridized carbons (Fsp3) is 0.444. The summed E-state index contributed by atoms with van der Waals surface area (Å²) >= 11 is 5.69. The lowest BCUT2D eigenvalue weighted by atomic mass is 10.1. The highest BCUT2D eigenvalue weighted by Gasteiger charge is 2.31. The molecule has 0 saturated heterocycles. The molecule has 0 fully saturated rings. The van der Waals surface area contributed by atoms with Crippen molar-refractivity contribution in [3.8, 4) is 0 Å². The van der Waals surface area contributed by atoms with Crippen LogP contribution in [-0.4, -0.2) is 29.2 Å². The Bertz CT molecular complexity index is 1010. The first-order valence-electron chi connectivity index (χ1n) is 8.65. The number of aromatic nitrogens is 2. The van der Waals surface area contributed by atoms with Gasteiger partial charge in [-0.15, -0.1) is 11.6 Å². The predicted octanol–water partition coefficient (Wildman–Crippen LogP) is 1.80. The molecular formula is C18H21ClN2O4S. The Hall–Kier alpha value is -1.86. The molecule has 0 atom stereocenters. The molecule has 26 heavy (non-hydrogen) atoms. The lowest BCUT2D eigenvalue weighted by Crippen LogP contribution is -2.46. The molecule has 0 radical (unpaired) electrons. The molecule has 1 aromatic carbocycles. The van der Waals surface area contributed by atoms with Crippen molar-refractivity contribution in [2.24, 2.45) is 0 Å². The number of halogens is 1. The molecular weight excluding hydrogens is 376 g/mol. The largest absolute Gasteiger partial charge is 0.331 e. The minimum absolute atomic E-state index is 0.0378. The molecule has 0 bridgehead atoms. The van der Waals surface area contributed by atoms with Crippen LogP contribution in [0.2, 0.25) is 0 Å². The molecule has 2 heterocycles. The number of alkyl halides is 1. The molecule has 2 aromatic rings. The molecule has 8 heteroatoms. The van der Waals surface area contributed by atoms with Crippen LogP contribution >= 0.6 is 11.6 Å². The first-order valence-corrected chi connectivity index (χ1v) is 10.8. The van der Waals surface area contributed by atoms with Crippen molar-refractivity contribution in [1.82, 2.24) is 9.13 Å². The van der Waals surface area contributed by atoms with E-state index in [0.29, 0.717) is 31.7 Å². The van der Waals surface area contributed by atoms with E-state index in [1.165, 1.54) is 4.57 Å². The zero-order valence-corrected chi connectivity index (χ0v) is 15.9. The Balaban J connectivity index is 2.21. The van der Waals surface area contributed by atoms with Gasteiger partial charge in [0.15, 0.2) is 9.84 Å². The van der Waals surface area contributed by atoms with E-state index >= 15 is 0 Å². The average Bonchev–Trinajstić information content (AvgIpc) is 2.62. The average molecular weight is 397 g/mol. The van der Waals surface area contributed by atoms with Crippen LogP contribution in [0.3, 0.4) is 0 Å². The van der Waals surface area contributed by atoms with Crippen LogP contribution in [0.4, 0.5) is 0 Å². The van der Waals surface area contributed by atoms with Gasteiger partial charge >= 0.3 is 5.69 Å². The van der Waals surface area contributed by atoms with Crippen LogP contribution in [0.1, 0.15) is 30.4 Å². The maximum atomic E-state index is 13.0. The zero-order chi connectivity index (χ0) is 18.7. The van der Waals surface area contributed by atoms with E-state index in [2.05, 4.69) is 0 Å². The molecule has 140 valence electrons. The smallest absolute Gasteiger partial charge is 0.283 e. The van der Waals surface area contributed by atoms with E-state index in [1.54, 1.807) is 0 Å². The van der Waals surface area contributed by atoms with E-state index in [9.17, 15) is 18.0 Å². The van der Waals surface area contributed by atoms with E-state index in [0.717, 1.165) is 10.1 Å². The molecule has 1 aliphatic rings. The summed E-state index contributed by atoms with van der Waals surface area (Å²) in [5, 5.41) is -0.101. The molecule has 0 aliphatic carbocycles.